The second kappa shape index (κ2) is 9.66. The van der Waals surface area contributed by atoms with Gasteiger partial charge in [-0.2, -0.15) is 0 Å². The first kappa shape index (κ1) is 21.6. The summed E-state index contributed by atoms with van der Waals surface area (Å²) in [6, 6.07) is 24.0. The van der Waals surface area contributed by atoms with Gasteiger partial charge in [-0.15, -0.1) is 0 Å². The third kappa shape index (κ3) is 4.65. The van der Waals surface area contributed by atoms with Gasteiger partial charge < -0.3 is 5.32 Å². The average Bonchev–Trinajstić information content (AvgIpc) is 2.81. The van der Waals surface area contributed by atoms with Crippen LogP contribution in [0, 0.1) is 0 Å². The van der Waals surface area contributed by atoms with Crippen LogP contribution < -0.4 is 16.4 Å². The van der Waals surface area contributed by atoms with Crippen LogP contribution in [0.5, 0.6) is 0 Å². The van der Waals surface area contributed by atoms with E-state index in [9.17, 15) is 14.4 Å². The molecule has 0 saturated heterocycles. The third-order valence-corrected chi connectivity index (χ3v) is 5.66. The van der Waals surface area contributed by atoms with Crippen LogP contribution in [0.3, 0.4) is 0 Å². The molecule has 0 aliphatic carbocycles. The van der Waals surface area contributed by atoms with Crippen molar-refractivity contribution in [3.05, 3.63) is 116 Å². The highest BCUT2D eigenvalue weighted by Crippen LogP contribution is 2.15. The van der Waals surface area contributed by atoms with E-state index in [1.807, 2.05) is 54.6 Å². The number of nitrogens with one attached hydrogen (secondary N) is 1. The lowest BCUT2D eigenvalue weighted by atomic mass is 10.1. The molecule has 4 aromatic rings. The zero-order valence-electron chi connectivity index (χ0n) is 17.3. The molecule has 0 radical (unpaired) electrons. The van der Waals surface area contributed by atoms with Crippen molar-refractivity contribution in [2.24, 2.45) is 0 Å². The van der Waals surface area contributed by atoms with Crippen LogP contribution in [0.25, 0.3) is 11.0 Å². The van der Waals surface area contributed by atoms with Gasteiger partial charge >= 0.3 is 11.1 Å². The topological polar surface area (TPSA) is 73.1 Å². The monoisotopic (exact) mass is 447 g/mol. The van der Waals surface area contributed by atoms with Gasteiger partial charge in [-0.25, -0.2) is 0 Å². The van der Waals surface area contributed by atoms with Gasteiger partial charge in [-0.1, -0.05) is 72.3 Å². The summed E-state index contributed by atoms with van der Waals surface area (Å²) in [6.45, 7) is 0.421. The van der Waals surface area contributed by atoms with Crippen LogP contribution in [0.2, 0.25) is 5.02 Å². The average molecular weight is 448 g/mol. The molecule has 3 aromatic carbocycles. The van der Waals surface area contributed by atoms with E-state index in [0.29, 0.717) is 29.0 Å². The van der Waals surface area contributed by atoms with Gasteiger partial charge in [0.25, 0.3) is 0 Å². The van der Waals surface area contributed by atoms with E-state index in [2.05, 4.69) is 5.32 Å². The maximum absolute atomic E-state index is 12.9. The van der Waals surface area contributed by atoms with E-state index in [1.54, 1.807) is 24.3 Å². The molecule has 1 N–H and O–H groups in total. The number of fused-ring (bicyclic) bond motifs is 1. The Balaban J connectivity index is 1.58. The van der Waals surface area contributed by atoms with Crippen molar-refractivity contribution >= 4 is 28.5 Å². The highest BCUT2D eigenvalue weighted by molar-refractivity contribution is 6.31. The minimum absolute atomic E-state index is 0.233. The second-order valence-corrected chi connectivity index (χ2v) is 7.86. The van der Waals surface area contributed by atoms with Crippen molar-refractivity contribution in [2.45, 2.75) is 19.5 Å². The first-order valence-corrected chi connectivity index (χ1v) is 10.7. The van der Waals surface area contributed by atoms with Crippen molar-refractivity contribution in [1.29, 1.82) is 0 Å². The van der Waals surface area contributed by atoms with E-state index >= 15 is 0 Å². The quantitative estimate of drug-likeness (QED) is 0.442. The second-order valence-electron chi connectivity index (χ2n) is 7.45. The van der Waals surface area contributed by atoms with Crippen molar-refractivity contribution in [2.75, 3.05) is 6.54 Å². The lowest BCUT2D eigenvalue weighted by Crippen LogP contribution is -2.44. The molecule has 0 unspecified atom stereocenters. The number of para-hydroxylation sites is 2. The molecule has 6 nitrogen and oxygen atoms in total. The van der Waals surface area contributed by atoms with Crippen LogP contribution in [-0.2, 0) is 24.3 Å². The highest BCUT2D eigenvalue weighted by atomic mass is 35.5. The molecule has 0 fully saturated rings. The molecule has 1 heterocycles. The zero-order chi connectivity index (χ0) is 22.5. The van der Waals surface area contributed by atoms with Crippen molar-refractivity contribution in [3.63, 3.8) is 0 Å². The van der Waals surface area contributed by atoms with Crippen molar-refractivity contribution in [1.82, 2.24) is 14.5 Å². The van der Waals surface area contributed by atoms with E-state index in [4.69, 9.17) is 11.6 Å². The largest absolute Gasteiger partial charge is 0.354 e. The van der Waals surface area contributed by atoms with Gasteiger partial charge in [0.1, 0.15) is 6.54 Å². The summed E-state index contributed by atoms with van der Waals surface area (Å²) in [6.07, 6.45) is 0.569. The fourth-order valence-corrected chi connectivity index (χ4v) is 3.92. The third-order valence-electron chi connectivity index (χ3n) is 5.30. The Morgan fingerprint density at radius 2 is 1.38 bits per heavy atom. The first-order chi connectivity index (χ1) is 15.5. The molecule has 0 spiro atoms. The SMILES string of the molecule is O=C(Cn1c(=O)c(=O)n(Cc2ccccc2)c2ccccc21)NCCc1ccccc1Cl. The van der Waals surface area contributed by atoms with Gasteiger partial charge in [0.05, 0.1) is 17.6 Å². The first-order valence-electron chi connectivity index (χ1n) is 10.3. The molecule has 7 heteroatoms. The number of benzene rings is 3. The van der Waals surface area contributed by atoms with Crippen LogP contribution in [0.4, 0.5) is 0 Å². The molecule has 32 heavy (non-hydrogen) atoms. The number of carbonyl (C=O) groups excluding carboxylic acids is 1. The van der Waals surface area contributed by atoms with Gasteiger partial charge in [0.2, 0.25) is 5.91 Å². The lowest BCUT2D eigenvalue weighted by Gasteiger charge is -2.15. The molecular formula is C25H22ClN3O3. The number of carbonyl (C=O) groups is 1. The fraction of sp³-hybridized carbons (Fsp3) is 0.160. The Kier molecular flexibility index (Phi) is 6.52. The van der Waals surface area contributed by atoms with Gasteiger partial charge in [-0.3, -0.25) is 23.5 Å². The fourth-order valence-electron chi connectivity index (χ4n) is 3.69. The number of halogens is 1. The Hall–Kier alpha value is -3.64. The molecule has 162 valence electrons. The number of nitrogens with zero attached hydrogens (tertiary/aromatic N) is 2. The summed E-state index contributed by atoms with van der Waals surface area (Å²) >= 11 is 6.15. The number of aromatic nitrogens is 2. The van der Waals surface area contributed by atoms with Crippen LogP contribution >= 0.6 is 11.6 Å². The summed E-state index contributed by atoms with van der Waals surface area (Å²) in [4.78, 5) is 38.4. The van der Waals surface area contributed by atoms with E-state index < -0.39 is 11.1 Å². The van der Waals surface area contributed by atoms with E-state index in [0.717, 1.165) is 11.1 Å². The minimum atomic E-state index is -0.721. The molecule has 0 atom stereocenters. The molecule has 1 aromatic heterocycles. The summed E-state index contributed by atoms with van der Waals surface area (Å²) in [5.41, 5.74) is 1.60. The van der Waals surface area contributed by atoms with Gasteiger partial charge in [0.15, 0.2) is 0 Å². The van der Waals surface area contributed by atoms with Gasteiger partial charge in [0, 0.05) is 11.6 Å². The molecule has 1 amide bonds. The summed E-state index contributed by atoms with van der Waals surface area (Å²) < 4.78 is 2.70. The molecule has 0 saturated carbocycles. The van der Waals surface area contributed by atoms with Gasteiger partial charge in [-0.05, 0) is 35.7 Å². The Morgan fingerprint density at radius 1 is 0.781 bits per heavy atom. The van der Waals surface area contributed by atoms with Crippen molar-refractivity contribution < 1.29 is 4.79 Å². The van der Waals surface area contributed by atoms with Crippen LogP contribution in [-0.4, -0.2) is 21.6 Å². The normalized spacial score (nSPS) is 10.9. The van der Waals surface area contributed by atoms with E-state index in [1.165, 1.54) is 9.13 Å². The Bertz CT molecular complexity index is 1380. The van der Waals surface area contributed by atoms with Crippen LogP contribution in [0.15, 0.2) is 88.5 Å². The van der Waals surface area contributed by atoms with Crippen LogP contribution in [0.1, 0.15) is 11.1 Å². The number of rotatable bonds is 7. The zero-order valence-corrected chi connectivity index (χ0v) is 18.1. The number of amides is 1. The maximum atomic E-state index is 12.9. The standard InChI is InChI=1S/C25H22ClN3O3/c26-20-11-5-4-10-19(20)14-15-27-23(30)17-29-22-13-7-6-12-21(22)28(24(31)25(29)32)16-18-8-2-1-3-9-18/h1-13H,14-17H2,(H,27,30). The highest BCUT2D eigenvalue weighted by Gasteiger charge is 2.15. The Labute approximate surface area is 189 Å². The smallest absolute Gasteiger partial charge is 0.317 e. The number of hydrogen-bond acceptors (Lipinski definition) is 3. The molecule has 4 rings (SSSR count). The molecule has 0 aliphatic heterocycles. The molecule has 0 aliphatic rings. The van der Waals surface area contributed by atoms with Crippen molar-refractivity contribution in [3.8, 4) is 0 Å². The lowest BCUT2D eigenvalue weighted by molar-refractivity contribution is -0.121. The summed E-state index contributed by atoms with van der Waals surface area (Å²) in [5.74, 6) is -0.343. The predicted octanol–water partition coefficient (Wildman–Crippen LogP) is 3.22. The molecular weight excluding hydrogens is 426 g/mol. The van der Waals surface area contributed by atoms with E-state index in [-0.39, 0.29) is 19.0 Å². The summed E-state index contributed by atoms with van der Waals surface area (Å²) in [7, 11) is 0. The predicted molar refractivity (Wildman–Crippen MR) is 126 cm³/mol. The number of hydrogen-bond donors (Lipinski definition) is 1. The minimum Gasteiger partial charge on any atom is -0.354 e. The maximum Gasteiger partial charge on any atom is 0.317 e. The molecule has 0 bridgehead atoms. The Morgan fingerprint density at radius 3 is 2.09 bits per heavy atom. The summed E-state index contributed by atoms with van der Waals surface area (Å²) in [5, 5.41) is 3.45.